The van der Waals surface area contributed by atoms with Crippen LogP contribution in [0.4, 0.5) is 5.69 Å². The highest BCUT2D eigenvalue weighted by Crippen LogP contribution is 2.65. The molecule has 2 fully saturated rings. The minimum absolute atomic E-state index is 0.141. The Morgan fingerprint density at radius 2 is 1.53 bits per heavy atom. The zero-order chi connectivity index (χ0) is 39.9. The van der Waals surface area contributed by atoms with Gasteiger partial charge < -0.3 is 14.3 Å². The molecule has 3 aliphatic carbocycles. The Morgan fingerprint density at radius 1 is 0.828 bits per heavy atom. The quantitative estimate of drug-likeness (QED) is 0.130. The molecule has 5 aromatic carbocycles. The van der Waals surface area contributed by atoms with Gasteiger partial charge >= 0.3 is 0 Å². The number of hydrogen-bond donors (Lipinski definition) is 1. The van der Waals surface area contributed by atoms with E-state index < -0.39 is 35.0 Å². The zero-order valence-electron chi connectivity index (χ0n) is 31.2. The maximum Gasteiger partial charge on any atom is 0.238 e. The van der Waals surface area contributed by atoms with Crippen molar-refractivity contribution >= 4 is 61.7 Å². The number of phenols is 1. The van der Waals surface area contributed by atoms with Crippen molar-refractivity contribution in [1.29, 1.82) is 0 Å². The first kappa shape index (κ1) is 36.0. The summed E-state index contributed by atoms with van der Waals surface area (Å²) in [6, 6.07) is 36.3. The first-order valence-corrected chi connectivity index (χ1v) is 20.0. The van der Waals surface area contributed by atoms with Crippen LogP contribution in [-0.4, -0.2) is 40.6 Å². The predicted octanol–water partition coefficient (Wildman–Crippen LogP) is 9.00. The van der Waals surface area contributed by atoms with Crippen molar-refractivity contribution in [2.75, 3.05) is 12.0 Å². The number of imide groups is 1. The number of oxazole rings is 1. The molecule has 0 spiro atoms. The van der Waals surface area contributed by atoms with E-state index in [0.717, 1.165) is 11.1 Å². The summed E-state index contributed by atoms with van der Waals surface area (Å²) in [4.78, 5) is 65.7. The monoisotopic (exact) mass is 830 g/mol. The lowest BCUT2D eigenvalue weighted by Crippen LogP contribution is -2.58. The highest BCUT2D eigenvalue weighted by Gasteiger charge is 2.66. The molecule has 9 nitrogen and oxygen atoms in total. The fraction of sp³-hybridized carbons (Fsp3) is 0.188. The van der Waals surface area contributed by atoms with E-state index in [1.807, 2.05) is 91.0 Å². The number of halogens is 1. The Morgan fingerprint density at radius 3 is 2.26 bits per heavy atom. The molecule has 1 aromatic heterocycles. The van der Waals surface area contributed by atoms with E-state index in [2.05, 4.69) is 20.9 Å². The van der Waals surface area contributed by atoms with Gasteiger partial charge in [-0.2, -0.15) is 0 Å². The molecule has 0 unspecified atom stereocenters. The normalized spacial score (nSPS) is 25.2. The molecule has 0 bridgehead atoms. The third-order valence-corrected chi connectivity index (χ3v) is 13.1. The molecule has 1 saturated heterocycles. The third-order valence-electron chi connectivity index (χ3n) is 12.6. The minimum atomic E-state index is -1.50. The summed E-state index contributed by atoms with van der Waals surface area (Å²) >= 11 is 3.61. The number of methoxy groups -OCH3 is 1. The molecule has 4 aliphatic rings. The van der Waals surface area contributed by atoms with Crippen LogP contribution in [0.1, 0.15) is 35.4 Å². The van der Waals surface area contributed by atoms with Crippen molar-refractivity contribution in [3.63, 3.8) is 0 Å². The Bertz CT molecular complexity index is 2720. The summed E-state index contributed by atoms with van der Waals surface area (Å²) in [6.07, 6.45) is 3.82. The molecule has 1 N–H and O–H groups in total. The van der Waals surface area contributed by atoms with Gasteiger partial charge in [-0.1, -0.05) is 100 Å². The third kappa shape index (κ3) is 5.24. The lowest BCUT2D eigenvalue weighted by atomic mass is 9.44. The molecule has 1 aliphatic heterocycles. The highest BCUT2D eigenvalue weighted by atomic mass is 79.9. The van der Waals surface area contributed by atoms with Crippen molar-refractivity contribution < 1.29 is 33.4 Å². The van der Waals surface area contributed by atoms with E-state index in [-0.39, 0.29) is 47.7 Å². The number of phenolic OH excluding ortho intramolecular Hbond substituents is 1. The lowest BCUT2D eigenvalue weighted by molar-refractivity contribution is -0.135. The summed E-state index contributed by atoms with van der Waals surface area (Å²) in [5.41, 5.74) is 3.66. The maximum atomic E-state index is 15.3. The summed E-state index contributed by atoms with van der Waals surface area (Å²) in [7, 11) is 1.45. The van der Waals surface area contributed by atoms with E-state index in [4.69, 9.17) is 9.15 Å². The minimum Gasteiger partial charge on any atom is -0.504 e. The number of carbonyl (C=O) groups is 4. The summed E-state index contributed by atoms with van der Waals surface area (Å²) < 4.78 is 12.2. The second-order valence-electron chi connectivity index (χ2n) is 15.4. The SMILES string of the molecule is COc1cc(Br)cc([C@H]2C3=CC[C@@H]4C(=O)N(c5ccc(-c6nc7ccccc7o6)cc5)C(=O)[C@@H]4[C@@H]3C[C@H]3C(=O)C(c4ccccc4)=CC(=O)[C@@]23c2ccccc2)c1O. The van der Waals surface area contributed by atoms with E-state index in [1.165, 1.54) is 18.1 Å². The number of benzene rings is 5. The maximum absolute atomic E-state index is 15.3. The van der Waals surface area contributed by atoms with Gasteiger partial charge in [0.15, 0.2) is 28.6 Å². The molecular weight excluding hydrogens is 796 g/mol. The molecule has 2 heterocycles. The van der Waals surface area contributed by atoms with Gasteiger partial charge in [0.1, 0.15) is 5.52 Å². The number of para-hydroxylation sites is 2. The second kappa shape index (κ2) is 13.6. The van der Waals surface area contributed by atoms with Crippen LogP contribution in [0.25, 0.3) is 28.1 Å². The molecule has 286 valence electrons. The summed E-state index contributed by atoms with van der Waals surface area (Å²) in [5.74, 6) is -4.71. The first-order chi connectivity index (χ1) is 28.2. The lowest BCUT2D eigenvalue weighted by Gasteiger charge is -2.55. The molecule has 1 saturated carbocycles. The van der Waals surface area contributed by atoms with Gasteiger partial charge in [0, 0.05) is 33.0 Å². The fourth-order valence-corrected chi connectivity index (χ4v) is 10.6. The van der Waals surface area contributed by atoms with E-state index in [1.54, 1.807) is 36.4 Å². The van der Waals surface area contributed by atoms with E-state index in [0.29, 0.717) is 49.5 Å². The highest BCUT2D eigenvalue weighted by molar-refractivity contribution is 9.10. The molecule has 0 radical (unpaired) electrons. The Hall–Kier alpha value is -6.39. The first-order valence-electron chi connectivity index (χ1n) is 19.2. The number of aromatic nitrogens is 1. The van der Waals surface area contributed by atoms with Crippen LogP contribution < -0.4 is 9.64 Å². The summed E-state index contributed by atoms with van der Waals surface area (Å²) in [6.45, 7) is 0. The number of amides is 2. The number of allylic oxidation sites excluding steroid dienone is 4. The Kier molecular flexibility index (Phi) is 8.45. The van der Waals surface area contributed by atoms with Crippen molar-refractivity contribution in [3.8, 4) is 23.0 Å². The zero-order valence-corrected chi connectivity index (χ0v) is 32.8. The fourth-order valence-electron chi connectivity index (χ4n) is 10.2. The van der Waals surface area contributed by atoms with Gasteiger partial charge in [-0.15, -0.1) is 0 Å². The standard InChI is InChI=1S/C48H35BrN2O7/c1-57-39-23-29(49)22-35(44(39)54)42-31-20-21-32-41(47(56)51(46(32)55)30-18-16-27(17-19-30)45-50-37-14-8-9-15-38(37)58-45)34(31)24-36-43(53)33(26-10-4-2-5-11-26)25-40(52)48(36,42)28-12-6-3-7-13-28/h2-20,22-23,25,32,34,36,41-42,54H,21,24H2,1H3/t32-,34+,36-,41-,42+,48-/m0/s1. The number of Topliss-reactive ketones (excluding diaryl/α,β-unsaturated/α-hetero) is 1. The smallest absolute Gasteiger partial charge is 0.238 e. The van der Waals surface area contributed by atoms with Crippen LogP contribution in [0, 0.1) is 23.7 Å². The van der Waals surface area contributed by atoms with E-state index in [9.17, 15) is 14.7 Å². The number of hydrogen-bond acceptors (Lipinski definition) is 8. The number of aromatic hydroxyl groups is 1. The van der Waals surface area contributed by atoms with E-state index >= 15 is 9.59 Å². The van der Waals surface area contributed by atoms with Gasteiger partial charge in [-0.05, 0) is 84.5 Å². The van der Waals surface area contributed by atoms with Crippen LogP contribution in [0.2, 0.25) is 0 Å². The number of nitrogens with zero attached hydrogens (tertiary/aromatic N) is 2. The average molecular weight is 832 g/mol. The van der Waals surface area contributed by atoms with Crippen molar-refractivity contribution in [2.45, 2.75) is 24.2 Å². The molecule has 58 heavy (non-hydrogen) atoms. The van der Waals surface area contributed by atoms with Gasteiger partial charge in [0.05, 0.1) is 30.0 Å². The molecule has 6 atom stereocenters. The second-order valence-corrected chi connectivity index (χ2v) is 16.3. The van der Waals surface area contributed by atoms with Crippen LogP contribution >= 0.6 is 15.9 Å². The van der Waals surface area contributed by atoms with Crippen molar-refractivity contribution in [2.24, 2.45) is 23.7 Å². The molecule has 2 amide bonds. The number of ether oxygens (including phenoxy) is 1. The number of rotatable bonds is 6. The van der Waals surface area contributed by atoms with Crippen LogP contribution in [0.15, 0.2) is 148 Å². The largest absolute Gasteiger partial charge is 0.504 e. The molecule has 10 heteroatoms. The molecule has 10 rings (SSSR count). The van der Waals surface area contributed by atoms with Crippen LogP contribution in [-0.2, 0) is 24.6 Å². The van der Waals surface area contributed by atoms with Crippen LogP contribution in [0.5, 0.6) is 11.5 Å². The summed E-state index contributed by atoms with van der Waals surface area (Å²) in [5, 5.41) is 12.0. The predicted molar refractivity (Wildman–Crippen MR) is 221 cm³/mol. The van der Waals surface area contributed by atoms with Crippen molar-refractivity contribution in [1.82, 2.24) is 4.98 Å². The Balaban J connectivity index is 1.12. The Labute approximate surface area is 341 Å². The van der Waals surface area contributed by atoms with Gasteiger partial charge in [0.25, 0.3) is 0 Å². The molecular formula is C48H35BrN2O7. The number of fused-ring (bicyclic) bond motifs is 5. The van der Waals surface area contributed by atoms with Gasteiger partial charge in [-0.3, -0.25) is 24.1 Å². The number of carbonyl (C=O) groups excluding carboxylic acids is 4. The number of anilines is 1. The van der Waals surface area contributed by atoms with Crippen molar-refractivity contribution in [3.05, 3.63) is 160 Å². The van der Waals surface area contributed by atoms with Gasteiger partial charge in [0.2, 0.25) is 17.7 Å². The van der Waals surface area contributed by atoms with Gasteiger partial charge in [-0.25, -0.2) is 4.98 Å². The number of ketones is 2. The topological polar surface area (TPSA) is 127 Å². The molecule has 6 aromatic rings. The average Bonchev–Trinajstić information content (AvgIpc) is 3.80. The van der Waals surface area contributed by atoms with Crippen LogP contribution in [0.3, 0.4) is 0 Å².